The summed E-state index contributed by atoms with van der Waals surface area (Å²) in [5.41, 5.74) is 14.4. The van der Waals surface area contributed by atoms with E-state index in [0.717, 1.165) is 12.0 Å². The van der Waals surface area contributed by atoms with Gasteiger partial charge in [-0.2, -0.15) is 5.10 Å². The number of carbonyl (C=O) groups excluding carboxylic acids is 2. The monoisotopic (exact) mass is 570 g/mol. The van der Waals surface area contributed by atoms with Crippen molar-refractivity contribution in [2.24, 2.45) is 28.2 Å². The van der Waals surface area contributed by atoms with Gasteiger partial charge in [0.15, 0.2) is 0 Å². The Hall–Kier alpha value is -4.41. The molecule has 0 radical (unpaired) electrons. The molecule has 2 atom stereocenters. The van der Waals surface area contributed by atoms with Crippen LogP contribution in [0.5, 0.6) is 0 Å². The Morgan fingerprint density at radius 2 is 1.79 bits per heavy atom. The Morgan fingerprint density at radius 3 is 2.48 bits per heavy atom. The third-order valence-electron chi connectivity index (χ3n) is 8.83. The number of hydrogen-bond acceptors (Lipinski definition) is 8. The second-order valence-corrected chi connectivity index (χ2v) is 12.8. The first-order chi connectivity index (χ1) is 20.0. The molecule has 1 spiro atoms. The molecule has 3 fully saturated rings. The van der Waals surface area contributed by atoms with Gasteiger partial charge >= 0.3 is 0 Å². The number of nitrogens with two attached hydrogens (primary N) is 2. The second kappa shape index (κ2) is 10.5. The molecule has 1 aromatic carbocycles. The number of nitrogens with zero attached hydrogens (tertiary/aromatic N) is 6. The van der Waals surface area contributed by atoms with Crippen molar-refractivity contribution in [3.05, 3.63) is 89.2 Å². The fourth-order valence-electron chi connectivity index (χ4n) is 6.23. The molecule has 3 aromatic rings. The molecule has 0 bridgehead atoms. The van der Waals surface area contributed by atoms with Crippen molar-refractivity contribution in [1.82, 2.24) is 29.8 Å². The fraction of sp³-hybridized carbons (Fsp3) is 0.452. The molecule has 11 nitrogen and oxygen atoms in total. The first kappa shape index (κ1) is 27.7. The summed E-state index contributed by atoms with van der Waals surface area (Å²) >= 11 is 0. The van der Waals surface area contributed by atoms with Gasteiger partial charge in [-0.25, -0.2) is 0 Å². The number of likely N-dealkylation sites (tertiary alicyclic amines) is 2. The minimum atomic E-state index is -0.352. The van der Waals surface area contributed by atoms with Crippen molar-refractivity contribution in [3.8, 4) is 0 Å². The first-order valence-corrected chi connectivity index (χ1v) is 14.4. The third-order valence-corrected chi connectivity index (χ3v) is 8.83. The maximum Gasteiger partial charge on any atom is 0.257 e. The average Bonchev–Trinajstić information content (AvgIpc) is 3.39. The first-order valence-electron chi connectivity index (χ1n) is 14.4. The maximum atomic E-state index is 13.7. The lowest BCUT2D eigenvalue weighted by Gasteiger charge is -2.50. The van der Waals surface area contributed by atoms with E-state index in [1.165, 1.54) is 0 Å². The van der Waals surface area contributed by atoms with Gasteiger partial charge < -0.3 is 25.7 Å². The Morgan fingerprint density at radius 1 is 1.07 bits per heavy atom. The number of amides is 2. The van der Waals surface area contributed by atoms with Gasteiger partial charge in [-0.15, -0.1) is 10.2 Å². The van der Waals surface area contributed by atoms with Crippen LogP contribution in [0.4, 0.5) is 0 Å². The van der Waals surface area contributed by atoms with E-state index in [1.807, 2.05) is 40.1 Å². The van der Waals surface area contributed by atoms with Gasteiger partial charge in [0.05, 0.1) is 30.6 Å². The van der Waals surface area contributed by atoms with Gasteiger partial charge in [0, 0.05) is 55.1 Å². The zero-order valence-corrected chi connectivity index (χ0v) is 24.4. The van der Waals surface area contributed by atoms with E-state index < -0.39 is 0 Å². The van der Waals surface area contributed by atoms with Gasteiger partial charge in [-0.3, -0.25) is 14.3 Å². The van der Waals surface area contributed by atoms with Crippen LogP contribution in [-0.2, 0) is 17.8 Å². The molecule has 2 unspecified atom stereocenters. The van der Waals surface area contributed by atoms with Crippen LogP contribution in [0.15, 0.2) is 70.7 Å². The van der Waals surface area contributed by atoms with Gasteiger partial charge in [-0.1, -0.05) is 44.2 Å². The van der Waals surface area contributed by atoms with E-state index in [4.69, 9.17) is 15.9 Å². The number of hydrogen-bond donors (Lipinski definition) is 2. The topological polar surface area (TPSA) is 149 Å². The largest absolute Gasteiger partial charge is 0.424 e. The van der Waals surface area contributed by atoms with Gasteiger partial charge in [0.25, 0.3) is 5.91 Å². The van der Waals surface area contributed by atoms with Crippen molar-refractivity contribution in [2.75, 3.05) is 26.2 Å². The summed E-state index contributed by atoms with van der Waals surface area (Å²) in [5.74, 6) is 0.839. The van der Waals surface area contributed by atoms with Crippen LogP contribution in [0.1, 0.15) is 60.8 Å². The van der Waals surface area contributed by atoms with Crippen molar-refractivity contribution < 1.29 is 14.0 Å². The number of carbonyl (C=O) groups is 2. The minimum Gasteiger partial charge on any atom is -0.424 e. The molecule has 4 N–H and O–H groups in total. The summed E-state index contributed by atoms with van der Waals surface area (Å²) in [7, 11) is 0. The van der Waals surface area contributed by atoms with Crippen LogP contribution in [0.25, 0.3) is 0 Å². The molecular formula is C31H38N8O3. The highest BCUT2D eigenvalue weighted by Gasteiger charge is 2.61. The third kappa shape index (κ3) is 5.43. The number of rotatable bonds is 8. The van der Waals surface area contributed by atoms with E-state index in [1.54, 1.807) is 36.2 Å². The molecule has 2 amide bonds. The van der Waals surface area contributed by atoms with Gasteiger partial charge in [0.1, 0.15) is 0 Å². The summed E-state index contributed by atoms with van der Waals surface area (Å²) in [6.45, 7) is 8.66. The lowest BCUT2D eigenvalue weighted by Crippen LogP contribution is -2.62. The maximum absolute atomic E-state index is 13.7. The molecule has 3 aliphatic rings. The van der Waals surface area contributed by atoms with Crippen LogP contribution in [0.3, 0.4) is 0 Å². The van der Waals surface area contributed by atoms with Crippen LogP contribution in [-0.4, -0.2) is 67.8 Å². The SMILES string of the molecule is C/C(N)=C/C=C(\N)Cc1nnc(C2CN(C(=O)c3cnn(Cc4ccccc4)c3)CC23CN(C(=O)C2CC2(C)C)C3)o1. The quantitative estimate of drug-likeness (QED) is 0.393. The summed E-state index contributed by atoms with van der Waals surface area (Å²) in [5, 5.41) is 13.1. The minimum absolute atomic E-state index is 0.0588. The summed E-state index contributed by atoms with van der Waals surface area (Å²) in [6.07, 6.45) is 8.07. The molecular weight excluding hydrogens is 532 g/mol. The molecule has 220 valence electrons. The van der Waals surface area contributed by atoms with Crippen LogP contribution >= 0.6 is 0 Å². The fourth-order valence-corrected chi connectivity index (χ4v) is 6.23. The summed E-state index contributed by atoms with van der Waals surface area (Å²) < 4.78 is 7.89. The lowest BCUT2D eigenvalue weighted by atomic mass is 9.71. The van der Waals surface area contributed by atoms with E-state index in [-0.39, 0.29) is 34.5 Å². The number of benzene rings is 1. The highest BCUT2D eigenvalue weighted by molar-refractivity contribution is 5.94. The molecule has 2 aromatic heterocycles. The molecule has 6 rings (SSSR count). The van der Waals surface area contributed by atoms with Crippen molar-refractivity contribution >= 4 is 11.8 Å². The molecule has 2 aliphatic heterocycles. The molecule has 2 saturated heterocycles. The zero-order valence-electron chi connectivity index (χ0n) is 24.4. The Bertz CT molecular complexity index is 1540. The summed E-state index contributed by atoms with van der Waals surface area (Å²) in [4.78, 5) is 30.6. The lowest BCUT2D eigenvalue weighted by molar-refractivity contribution is -0.146. The van der Waals surface area contributed by atoms with E-state index in [0.29, 0.717) is 67.9 Å². The normalized spacial score (nSPS) is 22.8. The smallest absolute Gasteiger partial charge is 0.257 e. The second-order valence-electron chi connectivity index (χ2n) is 12.8. The van der Waals surface area contributed by atoms with Crippen LogP contribution in [0.2, 0.25) is 0 Å². The van der Waals surface area contributed by atoms with Gasteiger partial charge in [0.2, 0.25) is 17.7 Å². The van der Waals surface area contributed by atoms with E-state index in [2.05, 4.69) is 29.1 Å². The standard InChI is InChI=1S/C31H38N8O3/c1-20(32)9-10-23(33)11-26-35-36-27(42-26)25-16-37(17-31(25)18-38(19-31)29(41)24-12-30(24,2)3)28(40)22-13-34-39(15-22)14-21-7-5-4-6-8-21/h4-10,13,15,24-25H,11-12,14,16-19,32-33H2,1-3H3/b20-9-,23-10-. The van der Waals surface area contributed by atoms with E-state index >= 15 is 0 Å². The van der Waals surface area contributed by atoms with Crippen molar-refractivity contribution in [2.45, 2.75) is 46.1 Å². The molecule has 42 heavy (non-hydrogen) atoms. The van der Waals surface area contributed by atoms with Crippen molar-refractivity contribution in [1.29, 1.82) is 0 Å². The molecule has 11 heteroatoms. The molecule has 4 heterocycles. The van der Waals surface area contributed by atoms with E-state index in [9.17, 15) is 9.59 Å². The molecule has 1 aliphatic carbocycles. The number of aromatic nitrogens is 4. The molecule has 1 saturated carbocycles. The van der Waals surface area contributed by atoms with Crippen molar-refractivity contribution in [3.63, 3.8) is 0 Å². The Labute approximate surface area is 245 Å². The number of allylic oxidation sites excluding steroid dienone is 4. The predicted octanol–water partition coefficient (Wildman–Crippen LogP) is 2.68. The summed E-state index contributed by atoms with van der Waals surface area (Å²) in [6, 6.07) is 10.00. The average molecular weight is 571 g/mol. The van der Waals surface area contributed by atoms with Crippen LogP contribution in [0, 0.1) is 16.7 Å². The van der Waals surface area contributed by atoms with Crippen LogP contribution < -0.4 is 11.5 Å². The Kier molecular flexibility index (Phi) is 6.90. The van der Waals surface area contributed by atoms with Gasteiger partial charge in [-0.05, 0) is 36.5 Å². The highest BCUT2D eigenvalue weighted by atomic mass is 16.4. The Balaban J connectivity index is 1.20. The predicted molar refractivity (Wildman–Crippen MR) is 156 cm³/mol. The zero-order chi connectivity index (χ0) is 29.6. The highest BCUT2D eigenvalue weighted by Crippen LogP contribution is 2.55.